The Bertz CT molecular complexity index is 829. The Balaban J connectivity index is 2.19. The molecule has 3 aromatic rings. The van der Waals surface area contributed by atoms with Crippen LogP contribution in [0.4, 0.5) is 0 Å². The van der Waals surface area contributed by atoms with Crippen molar-refractivity contribution in [2.45, 2.75) is 33.2 Å². The summed E-state index contributed by atoms with van der Waals surface area (Å²) < 4.78 is 2.22. The summed E-state index contributed by atoms with van der Waals surface area (Å²) >= 11 is 0. The molecule has 1 unspecified atom stereocenters. The van der Waals surface area contributed by atoms with E-state index in [1.807, 2.05) is 55.6 Å². The molecule has 0 bridgehead atoms. The van der Waals surface area contributed by atoms with Crippen LogP contribution < -0.4 is 0 Å². The molecule has 0 aliphatic heterocycles. The summed E-state index contributed by atoms with van der Waals surface area (Å²) in [5.41, 5.74) is 3.74. The lowest BCUT2D eigenvalue weighted by Gasteiger charge is -2.12. The first kappa shape index (κ1) is 14.6. The van der Waals surface area contributed by atoms with Gasteiger partial charge in [0.2, 0.25) is 0 Å². The van der Waals surface area contributed by atoms with E-state index in [1.165, 1.54) is 0 Å². The average Bonchev–Trinajstić information content (AvgIpc) is 2.94. The Morgan fingerprint density at radius 1 is 1.05 bits per heavy atom. The van der Waals surface area contributed by atoms with E-state index in [0.717, 1.165) is 34.0 Å². The lowest BCUT2D eigenvalue weighted by Crippen LogP contribution is -2.04. The Morgan fingerprint density at radius 3 is 2.45 bits per heavy atom. The second-order valence-electron chi connectivity index (χ2n) is 5.87. The van der Waals surface area contributed by atoms with Crippen LogP contribution >= 0.6 is 0 Å². The molecule has 1 aromatic heterocycles. The predicted octanol–water partition coefficient (Wildman–Crippen LogP) is 5.15. The number of rotatable bonds is 4. The van der Waals surface area contributed by atoms with E-state index in [-0.39, 0.29) is 5.78 Å². The lowest BCUT2D eigenvalue weighted by molar-refractivity contribution is 0.103. The first-order valence-corrected chi connectivity index (χ1v) is 7.83. The Kier molecular flexibility index (Phi) is 3.84. The third-order valence-corrected chi connectivity index (χ3v) is 4.44. The van der Waals surface area contributed by atoms with Gasteiger partial charge in [-0.3, -0.25) is 4.79 Å². The van der Waals surface area contributed by atoms with Crippen molar-refractivity contribution in [1.82, 2.24) is 4.57 Å². The average molecular weight is 291 g/mol. The molecule has 2 aromatic carbocycles. The van der Waals surface area contributed by atoms with Gasteiger partial charge in [0.1, 0.15) is 0 Å². The van der Waals surface area contributed by atoms with E-state index in [0.29, 0.717) is 6.04 Å². The minimum Gasteiger partial charge on any atom is -0.344 e. The fourth-order valence-corrected chi connectivity index (χ4v) is 2.92. The first-order valence-electron chi connectivity index (χ1n) is 7.83. The quantitative estimate of drug-likeness (QED) is 0.609. The number of para-hydroxylation sites is 1. The Hall–Kier alpha value is -2.35. The van der Waals surface area contributed by atoms with E-state index in [9.17, 15) is 4.79 Å². The standard InChI is InChI=1S/C20H21NO/c1-4-15(3)21-13-18(17-11-7-8-12-19(17)21)20(22)16-10-6-5-9-14(16)2/h5-13,15H,4H2,1-3H3. The van der Waals surface area contributed by atoms with Crippen LogP contribution in [0.25, 0.3) is 10.9 Å². The molecule has 0 aliphatic rings. The van der Waals surface area contributed by atoms with Crippen molar-refractivity contribution in [3.05, 3.63) is 71.4 Å². The van der Waals surface area contributed by atoms with E-state index in [1.54, 1.807) is 0 Å². The van der Waals surface area contributed by atoms with Gasteiger partial charge in [-0.2, -0.15) is 0 Å². The van der Waals surface area contributed by atoms with E-state index >= 15 is 0 Å². The molecule has 0 saturated carbocycles. The van der Waals surface area contributed by atoms with Gasteiger partial charge in [-0.05, 0) is 31.9 Å². The van der Waals surface area contributed by atoms with Crippen LogP contribution in [0, 0.1) is 6.92 Å². The zero-order valence-corrected chi connectivity index (χ0v) is 13.3. The molecule has 1 atom stereocenters. The second kappa shape index (κ2) is 5.80. The third-order valence-electron chi connectivity index (χ3n) is 4.44. The number of ketones is 1. The van der Waals surface area contributed by atoms with Gasteiger partial charge in [-0.25, -0.2) is 0 Å². The highest BCUT2D eigenvalue weighted by Gasteiger charge is 2.19. The van der Waals surface area contributed by atoms with Crippen molar-refractivity contribution in [1.29, 1.82) is 0 Å². The lowest BCUT2D eigenvalue weighted by atomic mass is 9.99. The number of hydrogen-bond acceptors (Lipinski definition) is 1. The van der Waals surface area contributed by atoms with Gasteiger partial charge < -0.3 is 4.57 Å². The van der Waals surface area contributed by atoms with E-state index in [4.69, 9.17) is 0 Å². The summed E-state index contributed by atoms with van der Waals surface area (Å²) in [7, 11) is 0. The maximum Gasteiger partial charge on any atom is 0.195 e. The number of nitrogens with zero attached hydrogens (tertiary/aromatic N) is 1. The van der Waals surface area contributed by atoms with Crippen molar-refractivity contribution in [3.8, 4) is 0 Å². The van der Waals surface area contributed by atoms with Gasteiger partial charge in [0.05, 0.1) is 0 Å². The summed E-state index contributed by atoms with van der Waals surface area (Å²) in [4.78, 5) is 13.0. The molecule has 2 nitrogen and oxygen atoms in total. The SMILES string of the molecule is CCC(C)n1cc(C(=O)c2ccccc2C)c2ccccc21. The number of carbonyl (C=O) groups is 1. The summed E-state index contributed by atoms with van der Waals surface area (Å²) in [6, 6.07) is 16.3. The molecule has 0 radical (unpaired) electrons. The number of hydrogen-bond donors (Lipinski definition) is 0. The molecule has 2 heteroatoms. The van der Waals surface area contributed by atoms with Gasteiger partial charge in [0.15, 0.2) is 5.78 Å². The van der Waals surface area contributed by atoms with Crippen molar-refractivity contribution < 1.29 is 4.79 Å². The van der Waals surface area contributed by atoms with Crippen LogP contribution in [0.3, 0.4) is 0 Å². The van der Waals surface area contributed by atoms with Crippen LogP contribution in [-0.4, -0.2) is 10.4 Å². The highest BCUT2D eigenvalue weighted by molar-refractivity contribution is 6.17. The molecule has 0 fully saturated rings. The highest BCUT2D eigenvalue weighted by Crippen LogP contribution is 2.28. The fourth-order valence-electron chi connectivity index (χ4n) is 2.92. The summed E-state index contributed by atoms with van der Waals surface area (Å²) in [5.74, 6) is 0.108. The number of benzene rings is 2. The monoisotopic (exact) mass is 291 g/mol. The maximum absolute atomic E-state index is 13.0. The minimum atomic E-state index is 0.108. The van der Waals surface area contributed by atoms with Crippen LogP contribution in [-0.2, 0) is 0 Å². The van der Waals surface area contributed by atoms with Crippen molar-refractivity contribution in [3.63, 3.8) is 0 Å². The number of aryl methyl sites for hydroxylation is 1. The third kappa shape index (κ3) is 2.35. The van der Waals surface area contributed by atoms with Crippen molar-refractivity contribution in [2.75, 3.05) is 0 Å². The molecular formula is C20H21NO. The van der Waals surface area contributed by atoms with Crippen LogP contribution in [0.15, 0.2) is 54.7 Å². The molecule has 0 amide bonds. The highest BCUT2D eigenvalue weighted by atomic mass is 16.1. The van der Waals surface area contributed by atoms with Gasteiger partial charge in [-0.15, -0.1) is 0 Å². The molecule has 1 heterocycles. The smallest absolute Gasteiger partial charge is 0.195 e. The number of carbonyl (C=O) groups excluding carboxylic acids is 1. The molecule has 0 aliphatic carbocycles. The molecule has 112 valence electrons. The largest absolute Gasteiger partial charge is 0.344 e. The van der Waals surface area contributed by atoms with Gasteiger partial charge in [0.25, 0.3) is 0 Å². The van der Waals surface area contributed by atoms with Crippen LogP contribution in [0.2, 0.25) is 0 Å². The van der Waals surface area contributed by atoms with Gasteiger partial charge in [-0.1, -0.05) is 49.4 Å². The Morgan fingerprint density at radius 2 is 1.73 bits per heavy atom. The van der Waals surface area contributed by atoms with Crippen LogP contribution in [0.1, 0.15) is 47.8 Å². The molecule has 3 rings (SSSR count). The van der Waals surface area contributed by atoms with Gasteiger partial charge in [0, 0.05) is 34.3 Å². The number of fused-ring (bicyclic) bond motifs is 1. The fraction of sp³-hybridized carbons (Fsp3) is 0.250. The number of aromatic nitrogens is 1. The van der Waals surface area contributed by atoms with Gasteiger partial charge >= 0.3 is 0 Å². The zero-order valence-electron chi connectivity index (χ0n) is 13.3. The molecule has 0 saturated heterocycles. The van der Waals surface area contributed by atoms with Crippen molar-refractivity contribution in [2.24, 2.45) is 0 Å². The first-order chi connectivity index (χ1) is 10.6. The normalized spacial score (nSPS) is 12.5. The topological polar surface area (TPSA) is 22.0 Å². The van der Waals surface area contributed by atoms with Crippen molar-refractivity contribution >= 4 is 16.7 Å². The second-order valence-corrected chi connectivity index (χ2v) is 5.87. The van der Waals surface area contributed by atoms with E-state index < -0.39 is 0 Å². The predicted molar refractivity (Wildman–Crippen MR) is 91.6 cm³/mol. The zero-order chi connectivity index (χ0) is 15.7. The Labute approximate surface area is 131 Å². The molecule has 0 spiro atoms. The molecule has 0 N–H and O–H groups in total. The molecular weight excluding hydrogens is 270 g/mol. The van der Waals surface area contributed by atoms with E-state index in [2.05, 4.69) is 24.5 Å². The summed E-state index contributed by atoms with van der Waals surface area (Å²) in [6.07, 6.45) is 3.06. The molecule has 22 heavy (non-hydrogen) atoms. The van der Waals surface area contributed by atoms with Crippen LogP contribution in [0.5, 0.6) is 0 Å². The maximum atomic E-state index is 13.0. The summed E-state index contributed by atoms with van der Waals surface area (Å²) in [5, 5.41) is 1.04. The summed E-state index contributed by atoms with van der Waals surface area (Å²) in [6.45, 7) is 6.35. The minimum absolute atomic E-state index is 0.108.